The van der Waals surface area contributed by atoms with E-state index in [2.05, 4.69) is 9.97 Å². The minimum Gasteiger partial charge on any atom is -0.507 e. The summed E-state index contributed by atoms with van der Waals surface area (Å²) in [5.74, 6) is 0.301. The van der Waals surface area contributed by atoms with Crippen LogP contribution in [-0.2, 0) is 6.42 Å². The summed E-state index contributed by atoms with van der Waals surface area (Å²) < 4.78 is 0. The van der Waals surface area contributed by atoms with Gasteiger partial charge >= 0.3 is 0 Å². The van der Waals surface area contributed by atoms with E-state index in [1.807, 2.05) is 6.92 Å². The van der Waals surface area contributed by atoms with Crippen LogP contribution in [0.2, 0.25) is 0 Å². The van der Waals surface area contributed by atoms with E-state index in [1.165, 1.54) is 0 Å². The molecule has 0 aliphatic heterocycles. The SMILES string of the molecule is CCCc1c(O)nc(-c2cc(C)c(O)c(C)c2)[nH]c1=O. The molecule has 0 saturated carbocycles. The molecule has 0 aliphatic carbocycles. The Morgan fingerprint density at radius 2 is 1.80 bits per heavy atom. The minimum absolute atomic E-state index is 0.225. The molecule has 5 heteroatoms. The number of phenols is 1. The van der Waals surface area contributed by atoms with Crippen molar-refractivity contribution in [3.63, 3.8) is 0 Å². The zero-order valence-electron chi connectivity index (χ0n) is 11.8. The van der Waals surface area contributed by atoms with Crippen LogP contribution in [0.4, 0.5) is 0 Å². The third kappa shape index (κ3) is 2.52. The molecule has 20 heavy (non-hydrogen) atoms. The first-order valence-electron chi connectivity index (χ1n) is 6.56. The summed E-state index contributed by atoms with van der Waals surface area (Å²) in [5, 5.41) is 19.6. The molecular weight excluding hydrogens is 256 g/mol. The summed E-state index contributed by atoms with van der Waals surface area (Å²) in [6, 6.07) is 3.44. The molecule has 0 amide bonds. The molecule has 3 N–H and O–H groups in total. The van der Waals surface area contributed by atoms with Crippen molar-refractivity contribution in [2.45, 2.75) is 33.6 Å². The van der Waals surface area contributed by atoms with Gasteiger partial charge in [-0.05, 0) is 43.5 Å². The van der Waals surface area contributed by atoms with Crippen LogP contribution in [0, 0.1) is 13.8 Å². The molecule has 1 heterocycles. The first-order valence-corrected chi connectivity index (χ1v) is 6.56. The van der Waals surface area contributed by atoms with Gasteiger partial charge in [0.25, 0.3) is 5.56 Å². The molecule has 0 radical (unpaired) electrons. The number of aryl methyl sites for hydroxylation is 2. The highest BCUT2D eigenvalue weighted by atomic mass is 16.3. The molecule has 5 nitrogen and oxygen atoms in total. The van der Waals surface area contributed by atoms with Crippen molar-refractivity contribution < 1.29 is 10.2 Å². The normalized spacial score (nSPS) is 10.8. The summed E-state index contributed by atoms with van der Waals surface area (Å²) >= 11 is 0. The second kappa shape index (κ2) is 5.36. The van der Waals surface area contributed by atoms with Crippen molar-refractivity contribution in [3.05, 3.63) is 39.2 Å². The molecule has 2 rings (SSSR count). The van der Waals surface area contributed by atoms with Gasteiger partial charge in [-0.1, -0.05) is 13.3 Å². The van der Waals surface area contributed by atoms with Gasteiger partial charge in [0.05, 0.1) is 5.56 Å². The number of aromatic amines is 1. The number of aromatic nitrogens is 2. The van der Waals surface area contributed by atoms with E-state index < -0.39 is 0 Å². The van der Waals surface area contributed by atoms with Crippen molar-refractivity contribution in [3.8, 4) is 23.0 Å². The monoisotopic (exact) mass is 274 g/mol. The van der Waals surface area contributed by atoms with Gasteiger partial charge in [0.1, 0.15) is 11.6 Å². The molecule has 0 unspecified atom stereocenters. The van der Waals surface area contributed by atoms with Crippen LogP contribution >= 0.6 is 0 Å². The molecule has 0 fully saturated rings. The number of phenolic OH excluding ortho intramolecular Hbond substituents is 1. The number of hydrogen-bond acceptors (Lipinski definition) is 4. The smallest absolute Gasteiger partial charge is 0.258 e. The van der Waals surface area contributed by atoms with E-state index in [1.54, 1.807) is 26.0 Å². The van der Waals surface area contributed by atoms with Crippen LogP contribution < -0.4 is 5.56 Å². The van der Waals surface area contributed by atoms with Crippen molar-refractivity contribution >= 4 is 0 Å². The number of hydrogen-bond donors (Lipinski definition) is 3. The molecule has 106 valence electrons. The fraction of sp³-hybridized carbons (Fsp3) is 0.333. The molecule has 1 aromatic heterocycles. The van der Waals surface area contributed by atoms with Crippen LogP contribution in [0.15, 0.2) is 16.9 Å². The molecule has 0 aliphatic rings. The predicted octanol–water partition coefficient (Wildman–Crippen LogP) is 2.42. The van der Waals surface area contributed by atoms with Gasteiger partial charge < -0.3 is 15.2 Å². The van der Waals surface area contributed by atoms with Gasteiger partial charge in [0.2, 0.25) is 5.88 Å². The summed E-state index contributed by atoms with van der Waals surface area (Å²) in [7, 11) is 0. The molecule has 0 atom stereocenters. The maximum atomic E-state index is 12.0. The maximum Gasteiger partial charge on any atom is 0.258 e. The zero-order chi connectivity index (χ0) is 14.9. The average molecular weight is 274 g/mol. The van der Waals surface area contributed by atoms with E-state index >= 15 is 0 Å². The van der Waals surface area contributed by atoms with Crippen LogP contribution in [0.3, 0.4) is 0 Å². The van der Waals surface area contributed by atoms with Crippen LogP contribution in [0.5, 0.6) is 11.6 Å². The first-order chi connectivity index (χ1) is 9.43. The quantitative estimate of drug-likeness (QED) is 0.802. The highest BCUT2D eigenvalue weighted by molar-refractivity contribution is 5.61. The Morgan fingerprint density at radius 1 is 1.20 bits per heavy atom. The molecular formula is C15H18N2O3. The Bertz CT molecular complexity index is 682. The van der Waals surface area contributed by atoms with Crippen LogP contribution in [0.25, 0.3) is 11.4 Å². The highest BCUT2D eigenvalue weighted by Gasteiger charge is 2.12. The minimum atomic E-state index is -0.322. The third-order valence-electron chi connectivity index (χ3n) is 3.26. The Balaban J connectivity index is 2.57. The largest absolute Gasteiger partial charge is 0.507 e. The van der Waals surface area contributed by atoms with Crippen LogP contribution in [0.1, 0.15) is 30.0 Å². The number of aromatic hydroxyl groups is 2. The number of benzene rings is 1. The Kier molecular flexibility index (Phi) is 3.79. The van der Waals surface area contributed by atoms with E-state index in [0.717, 1.165) is 6.42 Å². The lowest BCUT2D eigenvalue weighted by atomic mass is 10.1. The third-order valence-corrected chi connectivity index (χ3v) is 3.26. The van der Waals surface area contributed by atoms with Gasteiger partial charge in [-0.3, -0.25) is 4.79 Å². The summed E-state index contributed by atoms with van der Waals surface area (Å²) in [5.41, 5.74) is 2.04. The lowest BCUT2D eigenvalue weighted by Gasteiger charge is -2.09. The van der Waals surface area contributed by atoms with Gasteiger partial charge in [-0.25, -0.2) is 0 Å². The summed E-state index contributed by atoms with van der Waals surface area (Å²) in [4.78, 5) is 18.7. The average Bonchev–Trinajstić information content (AvgIpc) is 2.39. The van der Waals surface area contributed by atoms with Gasteiger partial charge in [-0.15, -0.1) is 0 Å². The summed E-state index contributed by atoms with van der Waals surface area (Å²) in [6.07, 6.45) is 1.25. The standard InChI is InChI=1S/C15H18N2O3/c1-4-5-11-14(19)16-13(17-15(11)20)10-6-8(2)12(18)9(3)7-10/h6-7,18H,4-5H2,1-3H3,(H2,16,17,19,20). The molecule has 0 saturated heterocycles. The fourth-order valence-electron chi connectivity index (χ4n) is 2.19. The highest BCUT2D eigenvalue weighted by Crippen LogP contribution is 2.27. The number of H-pyrrole nitrogens is 1. The number of nitrogens with zero attached hydrogens (tertiary/aromatic N) is 1. The number of rotatable bonds is 3. The predicted molar refractivity (Wildman–Crippen MR) is 77.1 cm³/mol. The van der Waals surface area contributed by atoms with E-state index in [0.29, 0.717) is 34.5 Å². The Morgan fingerprint density at radius 3 is 2.30 bits per heavy atom. The summed E-state index contributed by atoms with van der Waals surface area (Å²) in [6.45, 7) is 5.48. The second-order valence-corrected chi connectivity index (χ2v) is 4.93. The fourth-order valence-corrected chi connectivity index (χ4v) is 2.19. The van der Waals surface area contributed by atoms with Crippen LogP contribution in [-0.4, -0.2) is 20.2 Å². The maximum absolute atomic E-state index is 12.0. The van der Waals surface area contributed by atoms with Gasteiger partial charge in [0.15, 0.2) is 0 Å². The molecule has 0 spiro atoms. The molecule has 2 aromatic rings. The Labute approximate surface area is 117 Å². The van der Waals surface area contributed by atoms with Crippen molar-refractivity contribution in [1.82, 2.24) is 9.97 Å². The second-order valence-electron chi connectivity index (χ2n) is 4.93. The Hall–Kier alpha value is -2.30. The van der Waals surface area contributed by atoms with Crippen molar-refractivity contribution in [2.24, 2.45) is 0 Å². The lowest BCUT2D eigenvalue weighted by Crippen LogP contribution is -2.15. The molecule has 1 aromatic carbocycles. The van der Waals surface area contributed by atoms with Crippen molar-refractivity contribution in [1.29, 1.82) is 0 Å². The zero-order valence-corrected chi connectivity index (χ0v) is 11.8. The van der Waals surface area contributed by atoms with Gasteiger partial charge in [0, 0.05) is 5.56 Å². The number of nitrogens with one attached hydrogen (secondary N) is 1. The van der Waals surface area contributed by atoms with E-state index in [4.69, 9.17) is 0 Å². The lowest BCUT2D eigenvalue weighted by molar-refractivity contribution is 0.443. The van der Waals surface area contributed by atoms with Crippen molar-refractivity contribution in [2.75, 3.05) is 0 Å². The van der Waals surface area contributed by atoms with Gasteiger partial charge in [-0.2, -0.15) is 4.98 Å². The van der Waals surface area contributed by atoms with E-state index in [-0.39, 0.29) is 17.2 Å². The topological polar surface area (TPSA) is 86.2 Å². The molecule has 0 bridgehead atoms. The first kappa shape index (κ1) is 14.1. The van der Waals surface area contributed by atoms with E-state index in [9.17, 15) is 15.0 Å².